The molecule has 0 aliphatic heterocycles. The number of para-hydroxylation sites is 2. The maximum atomic E-state index is 13.5. The monoisotopic (exact) mass is 346 g/mol. The van der Waals surface area contributed by atoms with E-state index in [1.165, 1.54) is 12.1 Å². The highest BCUT2D eigenvalue weighted by atomic mass is 79.9. The van der Waals surface area contributed by atoms with E-state index in [0.29, 0.717) is 11.4 Å². The number of hydrogen-bond donors (Lipinski definition) is 0. The molecule has 0 amide bonds. The molecule has 3 nitrogen and oxygen atoms in total. The maximum Gasteiger partial charge on any atom is 0.171 e. The van der Waals surface area contributed by atoms with Gasteiger partial charge < -0.3 is 4.57 Å². The van der Waals surface area contributed by atoms with Crippen LogP contribution in [0.5, 0.6) is 0 Å². The van der Waals surface area contributed by atoms with Crippen molar-refractivity contribution in [2.45, 2.75) is 6.42 Å². The summed E-state index contributed by atoms with van der Waals surface area (Å²) in [5.74, 6) is 0.0583. The Morgan fingerprint density at radius 1 is 1.24 bits per heavy atom. The van der Waals surface area contributed by atoms with Crippen LogP contribution in [0.2, 0.25) is 0 Å². The zero-order valence-electron chi connectivity index (χ0n) is 11.3. The summed E-state index contributed by atoms with van der Waals surface area (Å²) in [5.41, 5.74) is 2.15. The minimum atomic E-state index is -0.439. The largest absolute Gasteiger partial charge is 0.331 e. The number of carbonyl (C=O) groups is 1. The molecule has 0 radical (unpaired) electrons. The van der Waals surface area contributed by atoms with E-state index < -0.39 is 5.82 Å². The number of hydrogen-bond acceptors (Lipinski definition) is 2. The fourth-order valence-electron chi connectivity index (χ4n) is 2.31. The zero-order chi connectivity index (χ0) is 15.0. The minimum absolute atomic E-state index is 0.132. The molecule has 0 bridgehead atoms. The van der Waals surface area contributed by atoms with E-state index in [2.05, 4.69) is 20.9 Å². The molecule has 21 heavy (non-hydrogen) atoms. The number of rotatable bonds is 3. The van der Waals surface area contributed by atoms with Crippen LogP contribution < -0.4 is 0 Å². The van der Waals surface area contributed by atoms with E-state index in [-0.39, 0.29) is 16.7 Å². The van der Waals surface area contributed by atoms with Gasteiger partial charge in [-0.05, 0) is 34.1 Å². The van der Waals surface area contributed by atoms with E-state index in [1.54, 1.807) is 6.07 Å². The van der Waals surface area contributed by atoms with Gasteiger partial charge in [-0.2, -0.15) is 0 Å². The molecule has 2 aromatic carbocycles. The molecule has 106 valence electrons. The first kappa shape index (κ1) is 13.9. The van der Waals surface area contributed by atoms with Crippen molar-refractivity contribution in [3.8, 4) is 0 Å². The lowest BCUT2D eigenvalue weighted by atomic mass is 10.1. The molecule has 0 atom stereocenters. The topological polar surface area (TPSA) is 34.9 Å². The standard InChI is InChI=1S/C16H12BrFN2O/c1-20-13-8-3-2-7-12(13)19-15(20)9-14(21)10-5-4-6-11(18)16(10)17/h2-8H,9H2,1H3. The third-order valence-electron chi connectivity index (χ3n) is 3.45. The number of Topliss-reactive ketones (excluding diaryl/α,β-unsaturated/α-hetero) is 1. The Morgan fingerprint density at radius 2 is 2.00 bits per heavy atom. The lowest BCUT2D eigenvalue weighted by molar-refractivity contribution is 0.0989. The van der Waals surface area contributed by atoms with Crippen LogP contribution in [0.25, 0.3) is 11.0 Å². The molecule has 3 aromatic rings. The molecule has 0 unspecified atom stereocenters. The van der Waals surface area contributed by atoms with Crippen LogP contribution in [0, 0.1) is 5.82 Å². The van der Waals surface area contributed by atoms with Crippen LogP contribution in [0.1, 0.15) is 16.2 Å². The molecule has 0 N–H and O–H groups in total. The van der Waals surface area contributed by atoms with Crippen LogP contribution >= 0.6 is 15.9 Å². The summed E-state index contributed by atoms with van der Waals surface area (Å²) in [4.78, 5) is 16.8. The summed E-state index contributed by atoms with van der Waals surface area (Å²) in [6.45, 7) is 0. The van der Waals surface area contributed by atoms with E-state index in [1.807, 2.05) is 35.9 Å². The average Bonchev–Trinajstić information content (AvgIpc) is 2.79. The van der Waals surface area contributed by atoms with Gasteiger partial charge in [0.1, 0.15) is 11.6 Å². The SMILES string of the molecule is Cn1c(CC(=O)c2cccc(F)c2Br)nc2ccccc21. The highest BCUT2D eigenvalue weighted by Crippen LogP contribution is 2.22. The van der Waals surface area contributed by atoms with Gasteiger partial charge in [0, 0.05) is 12.6 Å². The molecule has 0 aliphatic carbocycles. The number of aromatic nitrogens is 2. The fraction of sp³-hybridized carbons (Fsp3) is 0.125. The Hall–Kier alpha value is -2.01. The number of aryl methyl sites for hydroxylation is 1. The van der Waals surface area contributed by atoms with Gasteiger partial charge in [0.25, 0.3) is 0 Å². The second-order valence-corrected chi connectivity index (χ2v) is 5.57. The van der Waals surface area contributed by atoms with Crippen LogP contribution in [0.4, 0.5) is 4.39 Å². The average molecular weight is 347 g/mol. The first-order valence-corrected chi connectivity index (χ1v) is 7.25. The number of halogens is 2. The first-order chi connectivity index (χ1) is 10.1. The van der Waals surface area contributed by atoms with Crippen LogP contribution in [-0.2, 0) is 13.5 Å². The summed E-state index contributed by atoms with van der Waals surface area (Å²) in [6.07, 6.45) is 0.132. The smallest absolute Gasteiger partial charge is 0.171 e. The number of nitrogens with zero attached hydrogens (tertiary/aromatic N) is 2. The molecule has 0 spiro atoms. The zero-order valence-corrected chi connectivity index (χ0v) is 12.9. The Bertz CT molecular complexity index is 841. The number of fused-ring (bicyclic) bond motifs is 1. The lowest BCUT2D eigenvalue weighted by Gasteiger charge is -2.05. The second kappa shape index (κ2) is 5.41. The minimum Gasteiger partial charge on any atom is -0.331 e. The van der Waals surface area contributed by atoms with E-state index >= 15 is 0 Å². The molecule has 0 fully saturated rings. The van der Waals surface area contributed by atoms with Gasteiger partial charge in [0.15, 0.2) is 5.78 Å². The molecule has 0 aliphatic rings. The Morgan fingerprint density at radius 3 is 2.76 bits per heavy atom. The van der Waals surface area contributed by atoms with E-state index in [9.17, 15) is 9.18 Å². The molecule has 1 heterocycles. The van der Waals surface area contributed by atoms with Crippen molar-refractivity contribution >= 4 is 32.7 Å². The number of imidazole rings is 1. The van der Waals surface area contributed by atoms with Crippen molar-refractivity contribution in [1.82, 2.24) is 9.55 Å². The molecular weight excluding hydrogens is 335 g/mol. The molecule has 3 rings (SSSR count). The van der Waals surface area contributed by atoms with Gasteiger partial charge in [-0.25, -0.2) is 9.37 Å². The van der Waals surface area contributed by atoms with Crippen molar-refractivity contribution in [3.05, 3.63) is 64.1 Å². The van der Waals surface area contributed by atoms with Crippen molar-refractivity contribution < 1.29 is 9.18 Å². The third-order valence-corrected chi connectivity index (χ3v) is 4.26. The fourth-order valence-corrected chi connectivity index (χ4v) is 2.80. The van der Waals surface area contributed by atoms with E-state index in [4.69, 9.17) is 0 Å². The van der Waals surface area contributed by atoms with Crippen molar-refractivity contribution in [2.75, 3.05) is 0 Å². The van der Waals surface area contributed by atoms with E-state index in [0.717, 1.165) is 11.0 Å². The Kier molecular flexibility index (Phi) is 3.59. The van der Waals surface area contributed by atoms with Crippen LogP contribution in [0.3, 0.4) is 0 Å². The summed E-state index contributed by atoms with van der Waals surface area (Å²) in [7, 11) is 1.87. The normalized spacial score (nSPS) is 11.0. The van der Waals surface area contributed by atoms with Gasteiger partial charge in [-0.1, -0.05) is 24.3 Å². The first-order valence-electron chi connectivity index (χ1n) is 6.45. The van der Waals surface area contributed by atoms with Crippen molar-refractivity contribution in [2.24, 2.45) is 7.05 Å². The maximum absolute atomic E-state index is 13.5. The van der Waals surface area contributed by atoms with Crippen molar-refractivity contribution in [1.29, 1.82) is 0 Å². The molecule has 0 saturated carbocycles. The Labute approximate surface area is 129 Å². The van der Waals surface area contributed by atoms with Gasteiger partial charge in [-0.3, -0.25) is 4.79 Å². The predicted octanol–water partition coefficient (Wildman–Crippen LogP) is 3.90. The highest BCUT2D eigenvalue weighted by Gasteiger charge is 2.17. The third kappa shape index (κ3) is 2.49. The summed E-state index contributed by atoms with van der Waals surface area (Å²) in [6, 6.07) is 12.1. The second-order valence-electron chi connectivity index (χ2n) is 4.78. The molecule has 1 aromatic heterocycles. The van der Waals surface area contributed by atoms with Gasteiger partial charge in [0.05, 0.1) is 21.9 Å². The highest BCUT2D eigenvalue weighted by molar-refractivity contribution is 9.10. The summed E-state index contributed by atoms with van der Waals surface area (Å²) in [5, 5.41) is 0. The molecule has 0 saturated heterocycles. The van der Waals surface area contributed by atoms with Crippen LogP contribution in [0.15, 0.2) is 46.9 Å². The number of carbonyl (C=O) groups excluding carboxylic acids is 1. The number of benzene rings is 2. The van der Waals surface area contributed by atoms with Gasteiger partial charge in [-0.15, -0.1) is 0 Å². The van der Waals surface area contributed by atoms with Gasteiger partial charge >= 0.3 is 0 Å². The summed E-state index contributed by atoms with van der Waals surface area (Å²) >= 11 is 3.12. The van der Waals surface area contributed by atoms with Crippen LogP contribution in [-0.4, -0.2) is 15.3 Å². The quantitative estimate of drug-likeness (QED) is 0.674. The Balaban J connectivity index is 1.97. The predicted molar refractivity (Wildman–Crippen MR) is 82.8 cm³/mol. The van der Waals surface area contributed by atoms with Gasteiger partial charge in [0.2, 0.25) is 0 Å². The van der Waals surface area contributed by atoms with Crippen molar-refractivity contribution in [3.63, 3.8) is 0 Å². The summed E-state index contributed by atoms with van der Waals surface area (Å²) < 4.78 is 15.6. The lowest BCUT2D eigenvalue weighted by Crippen LogP contribution is -2.09. The molecule has 5 heteroatoms. The number of ketones is 1. The molecular formula is C16H12BrFN2O.